The zero-order valence-electron chi connectivity index (χ0n) is 13.3. The van der Waals surface area contributed by atoms with E-state index in [1.165, 1.54) is 0 Å². The largest absolute Gasteiger partial charge is 0.464 e. The van der Waals surface area contributed by atoms with Gasteiger partial charge in [0.15, 0.2) is 0 Å². The van der Waals surface area contributed by atoms with Gasteiger partial charge in [-0.2, -0.15) is 15.0 Å². The van der Waals surface area contributed by atoms with E-state index in [0.29, 0.717) is 24.5 Å². The van der Waals surface area contributed by atoms with E-state index in [-0.39, 0.29) is 5.54 Å². The van der Waals surface area contributed by atoms with Gasteiger partial charge in [-0.3, -0.25) is 0 Å². The number of ether oxygens (including phenoxy) is 1. The zero-order valence-corrected chi connectivity index (χ0v) is 13.3. The predicted octanol–water partition coefficient (Wildman–Crippen LogP) is 3.08. The van der Waals surface area contributed by atoms with Crippen LogP contribution in [0, 0.1) is 0 Å². The molecule has 0 aliphatic rings. The van der Waals surface area contributed by atoms with E-state index < -0.39 is 0 Å². The fourth-order valence-electron chi connectivity index (χ4n) is 2.10. The molecule has 1 aromatic rings. The van der Waals surface area contributed by atoms with Gasteiger partial charge in [-0.15, -0.1) is 0 Å². The van der Waals surface area contributed by atoms with Gasteiger partial charge in [0.2, 0.25) is 11.9 Å². The zero-order chi connectivity index (χ0) is 15.0. The third-order valence-corrected chi connectivity index (χ3v) is 3.63. The number of nitrogens with zero attached hydrogens (tertiary/aromatic N) is 3. The molecule has 20 heavy (non-hydrogen) atoms. The minimum absolute atomic E-state index is 0.0221. The van der Waals surface area contributed by atoms with Crippen LogP contribution in [0.15, 0.2) is 0 Å². The van der Waals surface area contributed by atoms with Crippen LogP contribution in [0.4, 0.5) is 11.9 Å². The first-order chi connectivity index (χ1) is 9.62. The minimum Gasteiger partial charge on any atom is -0.464 e. The summed E-state index contributed by atoms with van der Waals surface area (Å²) in [7, 11) is 0. The highest BCUT2D eigenvalue weighted by molar-refractivity contribution is 5.38. The van der Waals surface area contributed by atoms with E-state index in [2.05, 4.69) is 46.4 Å². The van der Waals surface area contributed by atoms with Crippen molar-refractivity contribution in [2.75, 3.05) is 23.8 Å². The molecule has 2 N–H and O–H groups in total. The van der Waals surface area contributed by atoms with Crippen molar-refractivity contribution < 1.29 is 4.74 Å². The molecular weight excluding hydrogens is 254 g/mol. The second-order valence-electron chi connectivity index (χ2n) is 4.69. The quantitative estimate of drug-likeness (QED) is 0.724. The lowest BCUT2D eigenvalue weighted by Gasteiger charge is -2.31. The maximum absolute atomic E-state index is 5.41. The van der Waals surface area contributed by atoms with Crippen molar-refractivity contribution in [2.24, 2.45) is 0 Å². The molecule has 6 heteroatoms. The van der Waals surface area contributed by atoms with Crippen molar-refractivity contribution >= 4 is 11.9 Å². The second-order valence-corrected chi connectivity index (χ2v) is 4.69. The van der Waals surface area contributed by atoms with Crippen molar-refractivity contribution in [2.45, 2.75) is 59.4 Å². The van der Waals surface area contributed by atoms with Crippen molar-refractivity contribution in [1.29, 1.82) is 0 Å². The Morgan fingerprint density at radius 1 is 0.900 bits per heavy atom. The Bertz CT molecular complexity index is 374. The molecule has 1 heterocycles. The smallest absolute Gasteiger partial charge is 0.323 e. The highest BCUT2D eigenvalue weighted by Crippen LogP contribution is 2.24. The first-order valence-corrected chi connectivity index (χ1v) is 7.53. The average Bonchev–Trinajstić information content (AvgIpc) is 2.45. The van der Waals surface area contributed by atoms with Crippen molar-refractivity contribution in [3.8, 4) is 6.01 Å². The Morgan fingerprint density at radius 3 is 2.00 bits per heavy atom. The number of aromatic nitrogens is 3. The normalized spacial score (nSPS) is 11.2. The van der Waals surface area contributed by atoms with Crippen LogP contribution < -0.4 is 15.4 Å². The van der Waals surface area contributed by atoms with Gasteiger partial charge in [0, 0.05) is 12.1 Å². The van der Waals surface area contributed by atoms with E-state index in [1.807, 2.05) is 13.8 Å². The summed E-state index contributed by atoms with van der Waals surface area (Å²) in [6, 6.07) is 0.359. The van der Waals surface area contributed by atoms with Gasteiger partial charge >= 0.3 is 6.01 Å². The summed E-state index contributed by atoms with van der Waals surface area (Å²) < 4.78 is 5.41. The van der Waals surface area contributed by atoms with Gasteiger partial charge in [0.1, 0.15) is 0 Å². The molecule has 114 valence electrons. The van der Waals surface area contributed by atoms with Crippen molar-refractivity contribution in [3.63, 3.8) is 0 Å². The van der Waals surface area contributed by atoms with Crippen LogP contribution in [-0.2, 0) is 0 Å². The van der Waals surface area contributed by atoms with Gasteiger partial charge in [-0.1, -0.05) is 20.8 Å². The molecule has 0 aromatic carbocycles. The molecular formula is C14H27N5O. The van der Waals surface area contributed by atoms with Crippen LogP contribution in [0.2, 0.25) is 0 Å². The number of hydrogen-bond donors (Lipinski definition) is 2. The van der Waals surface area contributed by atoms with Gasteiger partial charge in [-0.05, 0) is 33.1 Å². The third kappa shape index (κ3) is 4.21. The Kier molecular flexibility index (Phi) is 6.48. The average molecular weight is 281 g/mol. The molecule has 1 rings (SSSR count). The van der Waals surface area contributed by atoms with Crippen LogP contribution in [0.25, 0.3) is 0 Å². The summed E-state index contributed by atoms with van der Waals surface area (Å²) in [6.07, 6.45) is 3.06. The molecule has 0 unspecified atom stereocenters. The predicted molar refractivity (Wildman–Crippen MR) is 82.4 cm³/mol. The molecule has 0 fully saturated rings. The summed E-state index contributed by atoms with van der Waals surface area (Å²) in [5.74, 6) is 1.12. The number of nitrogens with one attached hydrogen (secondary N) is 2. The Labute approximate surface area is 121 Å². The van der Waals surface area contributed by atoms with Crippen molar-refractivity contribution in [3.05, 3.63) is 0 Å². The van der Waals surface area contributed by atoms with E-state index in [1.54, 1.807) is 0 Å². The van der Waals surface area contributed by atoms with Crippen LogP contribution in [-0.4, -0.2) is 33.6 Å². The summed E-state index contributed by atoms with van der Waals surface area (Å²) >= 11 is 0. The minimum atomic E-state index is 0.0221. The fourth-order valence-corrected chi connectivity index (χ4v) is 2.10. The van der Waals surface area contributed by atoms with Crippen LogP contribution in [0.3, 0.4) is 0 Å². The first kappa shape index (κ1) is 16.5. The highest BCUT2D eigenvalue weighted by Gasteiger charge is 2.25. The summed E-state index contributed by atoms with van der Waals surface area (Å²) in [6.45, 7) is 11.7. The first-order valence-electron chi connectivity index (χ1n) is 7.53. The standard InChI is InChI=1S/C14H27N5O/c1-6-14(7-2,8-3)19-12-16-11(15-9-4)17-13(18-12)20-10-5/h6-10H2,1-5H3,(H2,15,16,17,18,19). The molecule has 0 bridgehead atoms. The second kappa shape index (κ2) is 7.87. The van der Waals surface area contributed by atoms with Gasteiger partial charge in [0.05, 0.1) is 6.61 Å². The summed E-state index contributed by atoms with van der Waals surface area (Å²) in [5, 5.41) is 6.56. The third-order valence-electron chi connectivity index (χ3n) is 3.63. The van der Waals surface area contributed by atoms with Crippen LogP contribution >= 0.6 is 0 Å². The molecule has 0 spiro atoms. The van der Waals surface area contributed by atoms with E-state index >= 15 is 0 Å². The highest BCUT2D eigenvalue weighted by atomic mass is 16.5. The summed E-state index contributed by atoms with van der Waals surface area (Å²) in [5.41, 5.74) is 0.0221. The molecule has 0 saturated carbocycles. The van der Waals surface area contributed by atoms with E-state index in [9.17, 15) is 0 Å². The molecule has 1 aromatic heterocycles. The molecule has 0 aliphatic carbocycles. The molecule has 0 amide bonds. The van der Waals surface area contributed by atoms with E-state index in [0.717, 1.165) is 25.8 Å². The van der Waals surface area contributed by atoms with Gasteiger partial charge in [-0.25, -0.2) is 0 Å². The maximum atomic E-state index is 5.41. The Morgan fingerprint density at radius 2 is 1.50 bits per heavy atom. The van der Waals surface area contributed by atoms with Crippen LogP contribution in [0.1, 0.15) is 53.9 Å². The SMILES string of the molecule is CCNc1nc(NC(CC)(CC)CC)nc(OCC)n1. The van der Waals surface area contributed by atoms with Gasteiger partial charge in [0.25, 0.3) is 0 Å². The summed E-state index contributed by atoms with van der Waals surface area (Å²) in [4.78, 5) is 13.0. The number of rotatable bonds is 9. The number of hydrogen-bond acceptors (Lipinski definition) is 6. The lowest BCUT2D eigenvalue weighted by molar-refractivity contribution is 0.311. The molecule has 0 atom stereocenters. The van der Waals surface area contributed by atoms with Crippen molar-refractivity contribution in [1.82, 2.24) is 15.0 Å². The van der Waals surface area contributed by atoms with Crippen LogP contribution in [0.5, 0.6) is 6.01 Å². The molecule has 6 nitrogen and oxygen atoms in total. The lowest BCUT2D eigenvalue weighted by Crippen LogP contribution is -2.37. The maximum Gasteiger partial charge on any atom is 0.323 e. The Hall–Kier alpha value is -1.59. The lowest BCUT2D eigenvalue weighted by atomic mass is 9.90. The van der Waals surface area contributed by atoms with Gasteiger partial charge < -0.3 is 15.4 Å². The van der Waals surface area contributed by atoms with E-state index in [4.69, 9.17) is 4.74 Å². The molecule has 0 saturated heterocycles. The molecule has 0 aliphatic heterocycles. The number of anilines is 2. The Balaban J connectivity index is 3.02. The fraction of sp³-hybridized carbons (Fsp3) is 0.786. The molecule has 0 radical (unpaired) electrons. The topological polar surface area (TPSA) is 72.0 Å². The monoisotopic (exact) mass is 281 g/mol.